The van der Waals surface area contributed by atoms with E-state index in [4.69, 9.17) is 0 Å². The maximum Gasteiger partial charge on any atom is 0.417 e. The minimum Gasteiger partial charge on any atom is -0.353 e. The van der Waals surface area contributed by atoms with Crippen molar-refractivity contribution in [2.24, 2.45) is 0 Å². The van der Waals surface area contributed by atoms with Crippen molar-refractivity contribution in [3.05, 3.63) is 70.9 Å². The quantitative estimate of drug-likeness (QED) is 0.598. The molecular formula is C22H21F3N6O2. The largest absolute Gasteiger partial charge is 0.417 e. The fraction of sp³-hybridized carbons (Fsp3) is 0.318. The van der Waals surface area contributed by atoms with Gasteiger partial charge < -0.3 is 9.80 Å². The van der Waals surface area contributed by atoms with E-state index in [2.05, 4.69) is 15.1 Å². The molecule has 0 aromatic carbocycles. The van der Waals surface area contributed by atoms with Gasteiger partial charge in [0.1, 0.15) is 11.9 Å². The van der Waals surface area contributed by atoms with Crippen molar-refractivity contribution in [1.82, 2.24) is 24.6 Å². The van der Waals surface area contributed by atoms with Crippen molar-refractivity contribution in [3.8, 4) is 11.3 Å². The van der Waals surface area contributed by atoms with Crippen LogP contribution in [0, 0.1) is 0 Å². The summed E-state index contributed by atoms with van der Waals surface area (Å²) in [5.74, 6) is 0.165. The Balaban J connectivity index is 1.43. The first kappa shape index (κ1) is 22.4. The molecular weight excluding hydrogens is 437 g/mol. The van der Waals surface area contributed by atoms with Crippen molar-refractivity contribution in [1.29, 1.82) is 0 Å². The highest BCUT2D eigenvalue weighted by molar-refractivity contribution is 5.80. The summed E-state index contributed by atoms with van der Waals surface area (Å²) in [6.45, 7) is 3.14. The molecule has 11 heteroatoms. The van der Waals surface area contributed by atoms with Crippen LogP contribution >= 0.6 is 0 Å². The van der Waals surface area contributed by atoms with E-state index >= 15 is 0 Å². The third kappa shape index (κ3) is 4.86. The Morgan fingerprint density at radius 1 is 1.03 bits per heavy atom. The van der Waals surface area contributed by atoms with Crippen molar-refractivity contribution in [3.63, 3.8) is 0 Å². The van der Waals surface area contributed by atoms with E-state index in [1.165, 1.54) is 12.1 Å². The summed E-state index contributed by atoms with van der Waals surface area (Å²) in [5.41, 5.74) is 0.0560. The maximum absolute atomic E-state index is 13.1. The van der Waals surface area contributed by atoms with E-state index in [0.29, 0.717) is 37.7 Å². The SMILES string of the molecule is CC(C(=O)N1CCN(c2ccc(C(F)(F)F)cn2)CC1)n1nc(-c2cccnc2)ccc1=O. The molecule has 1 atom stereocenters. The number of anilines is 1. The van der Waals surface area contributed by atoms with Crippen molar-refractivity contribution in [2.45, 2.75) is 19.1 Å². The lowest BCUT2D eigenvalue weighted by Crippen LogP contribution is -2.51. The molecule has 3 aromatic rings. The molecule has 33 heavy (non-hydrogen) atoms. The Bertz CT molecular complexity index is 1170. The van der Waals surface area contributed by atoms with Gasteiger partial charge in [0, 0.05) is 56.4 Å². The summed E-state index contributed by atoms with van der Waals surface area (Å²) in [6, 6.07) is 8.03. The van der Waals surface area contributed by atoms with Gasteiger partial charge in [-0.3, -0.25) is 14.6 Å². The number of carbonyl (C=O) groups is 1. The number of hydrogen-bond donors (Lipinski definition) is 0. The molecule has 0 spiro atoms. The number of carbonyl (C=O) groups excluding carboxylic acids is 1. The van der Waals surface area contributed by atoms with Gasteiger partial charge in [0.15, 0.2) is 0 Å². The Kier molecular flexibility index (Phi) is 6.12. The van der Waals surface area contributed by atoms with E-state index in [1.807, 2.05) is 11.0 Å². The highest BCUT2D eigenvalue weighted by atomic mass is 19.4. The van der Waals surface area contributed by atoms with Crippen LogP contribution in [0.1, 0.15) is 18.5 Å². The second kappa shape index (κ2) is 9.00. The molecule has 4 rings (SSSR count). The second-order valence-electron chi connectivity index (χ2n) is 7.63. The van der Waals surface area contributed by atoms with Gasteiger partial charge in [-0.05, 0) is 37.3 Å². The molecule has 1 aliphatic heterocycles. The highest BCUT2D eigenvalue weighted by Gasteiger charge is 2.31. The molecule has 0 radical (unpaired) electrons. The molecule has 0 N–H and O–H groups in total. The predicted octanol–water partition coefficient (Wildman–Crippen LogP) is 2.63. The molecule has 3 aromatic heterocycles. The van der Waals surface area contributed by atoms with E-state index in [-0.39, 0.29) is 5.91 Å². The van der Waals surface area contributed by atoms with E-state index in [9.17, 15) is 22.8 Å². The van der Waals surface area contributed by atoms with Crippen molar-refractivity contribution < 1.29 is 18.0 Å². The van der Waals surface area contributed by atoms with Gasteiger partial charge in [0.25, 0.3) is 5.56 Å². The third-order valence-electron chi connectivity index (χ3n) is 5.50. The van der Waals surface area contributed by atoms with Crippen LogP contribution in [0.5, 0.6) is 0 Å². The average Bonchev–Trinajstić information content (AvgIpc) is 2.84. The molecule has 172 valence electrons. The summed E-state index contributed by atoms with van der Waals surface area (Å²) in [5, 5.41) is 4.35. The molecule has 1 amide bonds. The minimum absolute atomic E-state index is 0.257. The molecule has 0 aliphatic carbocycles. The molecule has 1 saturated heterocycles. The zero-order valence-corrected chi connectivity index (χ0v) is 17.7. The van der Waals surface area contributed by atoms with Gasteiger partial charge in [-0.15, -0.1) is 0 Å². The molecule has 1 fully saturated rings. The zero-order valence-electron chi connectivity index (χ0n) is 17.7. The third-order valence-corrected chi connectivity index (χ3v) is 5.50. The number of nitrogens with zero attached hydrogens (tertiary/aromatic N) is 6. The lowest BCUT2D eigenvalue weighted by molar-refractivity contribution is -0.138. The van der Waals surface area contributed by atoms with Crippen LogP contribution in [0.2, 0.25) is 0 Å². The van der Waals surface area contributed by atoms with Crippen molar-refractivity contribution >= 4 is 11.7 Å². The first-order chi connectivity index (χ1) is 15.7. The lowest BCUT2D eigenvalue weighted by atomic mass is 10.2. The van der Waals surface area contributed by atoms with Crippen LogP contribution < -0.4 is 10.5 Å². The molecule has 4 heterocycles. The van der Waals surface area contributed by atoms with Crippen LogP contribution in [0.15, 0.2) is 59.8 Å². The van der Waals surface area contributed by atoms with Gasteiger partial charge in [-0.2, -0.15) is 18.3 Å². The first-order valence-electron chi connectivity index (χ1n) is 10.3. The number of aromatic nitrogens is 4. The summed E-state index contributed by atoms with van der Waals surface area (Å²) in [6.07, 6.45) is -0.376. The van der Waals surface area contributed by atoms with Crippen LogP contribution in [0.4, 0.5) is 19.0 Å². The summed E-state index contributed by atoms with van der Waals surface area (Å²) >= 11 is 0. The fourth-order valence-corrected chi connectivity index (χ4v) is 3.64. The molecule has 0 saturated carbocycles. The van der Waals surface area contributed by atoms with Gasteiger partial charge in [0.2, 0.25) is 5.91 Å². The number of hydrogen-bond acceptors (Lipinski definition) is 6. The van der Waals surface area contributed by atoms with Crippen LogP contribution in [-0.4, -0.2) is 56.7 Å². The van der Waals surface area contributed by atoms with Gasteiger partial charge in [-0.1, -0.05) is 0 Å². The monoisotopic (exact) mass is 458 g/mol. The zero-order chi connectivity index (χ0) is 23.6. The van der Waals surface area contributed by atoms with Crippen LogP contribution in [0.3, 0.4) is 0 Å². The van der Waals surface area contributed by atoms with Gasteiger partial charge in [0.05, 0.1) is 11.3 Å². The van der Waals surface area contributed by atoms with E-state index < -0.39 is 23.3 Å². The standard InChI is InChI=1S/C22H21F3N6O2/c1-15(31-20(32)7-5-18(28-31)16-3-2-8-26-13-16)21(33)30-11-9-29(10-12-30)19-6-4-17(14-27-19)22(23,24)25/h2-8,13-15H,9-12H2,1H3. The van der Waals surface area contributed by atoms with Gasteiger partial charge >= 0.3 is 6.18 Å². The number of halogens is 3. The topological polar surface area (TPSA) is 84.2 Å². The number of amides is 1. The predicted molar refractivity (Wildman–Crippen MR) is 114 cm³/mol. The minimum atomic E-state index is -4.44. The number of pyridine rings is 2. The second-order valence-corrected chi connectivity index (χ2v) is 7.63. The smallest absolute Gasteiger partial charge is 0.353 e. The fourth-order valence-electron chi connectivity index (χ4n) is 3.64. The summed E-state index contributed by atoms with van der Waals surface area (Å²) < 4.78 is 39.4. The summed E-state index contributed by atoms with van der Waals surface area (Å²) in [7, 11) is 0. The highest BCUT2D eigenvalue weighted by Crippen LogP contribution is 2.29. The Hall–Kier alpha value is -3.76. The van der Waals surface area contributed by atoms with E-state index in [0.717, 1.165) is 22.5 Å². The number of alkyl halides is 3. The molecule has 8 nitrogen and oxygen atoms in total. The average molecular weight is 458 g/mol. The van der Waals surface area contributed by atoms with Gasteiger partial charge in [-0.25, -0.2) is 9.67 Å². The normalized spacial score (nSPS) is 15.4. The Morgan fingerprint density at radius 2 is 1.79 bits per heavy atom. The van der Waals surface area contributed by atoms with Crippen molar-refractivity contribution in [2.75, 3.05) is 31.1 Å². The Labute approximate surface area is 187 Å². The Morgan fingerprint density at radius 3 is 2.39 bits per heavy atom. The first-order valence-corrected chi connectivity index (χ1v) is 10.3. The summed E-state index contributed by atoms with van der Waals surface area (Å²) in [4.78, 5) is 36.8. The number of rotatable bonds is 4. The number of piperazine rings is 1. The van der Waals surface area contributed by atoms with Crippen LogP contribution in [-0.2, 0) is 11.0 Å². The van der Waals surface area contributed by atoms with Crippen LogP contribution in [0.25, 0.3) is 11.3 Å². The van der Waals surface area contributed by atoms with E-state index in [1.54, 1.807) is 36.4 Å². The lowest BCUT2D eigenvalue weighted by Gasteiger charge is -2.36. The molecule has 1 aliphatic rings. The molecule has 1 unspecified atom stereocenters. The molecule has 0 bridgehead atoms. The maximum atomic E-state index is 13.1.